The predicted molar refractivity (Wildman–Crippen MR) is 307 cm³/mol. The Bertz CT molecular complexity index is 2060. The van der Waals surface area contributed by atoms with Gasteiger partial charge in [-0.2, -0.15) is 0 Å². The Morgan fingerprint density at radius 2 is 0.510 bits per heavy atom. The number of hydrogen-bond acceptors (Lipinski definition) is 44. The van der Waals surface area contributed by atoms with Crippen LogP contribution >= 0.6 is 0 Å². The molecule has 39 atom stereocenters. The van der Waals surface area contributed by atoms with Crippen LogP contribution in [0, 0.1) is 0 Å². The summed E-state index contributed by atoms with van der Waals surface area (Å²) in [7, 11) is 0. The Labute approximate surface area is 558 Å². The largest absolute Gasteiger partial charge is 0.394 e. The quantitative estimate of drug-likeness (QED) is 0.0507. The second-order valence-electron chi connectivity index (χ2n) is 23.7. The lowest BCUT2D eigenvalue weighted by molar-refractivity contribution is -0.355. The standard InChI is InChI=1S/2C14H26O11.2C12H22O11.2CH4/c15-1-6-9(18)12(21)10(19)8(24-6)3-23-5-14(4-17)13(22)11(20)7(2-16)25-14;15-1-5-9(17)13(21)11(19)7(24-5)3-23-4-8-12(20)14(22)10(18)6(2-16)25-8;2*13-1-3-5(15)6(16)9(19)12(22-3)23-10-4(2-14)21-11(20)8(18)7(10)17;;/h6-13,15-22H,1-5H2;5-22H,1-4H2;2*3-20H,1-2H2;2*1H4/t6?,7-,8-,9-,10?,11?,12-,13-,14+;5?,6?,7-,8-,9-,10-,11?,12?,13-,14?;3?,4?,5-,6+,7-,8?,9?,10+,11+,12-;3?,4?,5-,6-,7+,8?,9?,10-,11-,12+;;/m1101../s1. The van der Waals surface area contributed by atoms with Gasteiger partial charge in [-0.15, -0.1) is 0 Å². The SMILES string of the molecule is C.C.OCC1O[C@@H](O)C(O)[C@H](O)[C@@H]1O[C@@H]1OC(CO)[C@H](O)[C@@H](O)C1O.OCC1O[C@@H](O[C@@H]2C(CO)O[C@@H](O)C(O)[C@@H]2O)C(O)[C@H](O)[C@@H]1O.OCC1O[C@H](COC[C@H]2OC(CO)[C@@H](O)[C@@H](O)C2O)C(O)C(O)[C@@H]1O.OCC1O[C@H](COC[C@]2(CO)O[C@H](CO)C(O)[C@H]2O)C(O)[C@H](O)[C@@H]1O. The average Bonchev–Trinajstić information content (AvgIpc) is 1.69. The van der Waals surface area contributed by atoms with Gasteiger partial charge in [-0.05, 0) is 0 Å². The first-order valence-electron chi connectivity index (χ1n) is 30.1. The van der Waals surface area contributed by atoms with Gasteiger partial charge < -0.3 is 220 Å². The fourth-order valence-electron chi connectivity index (χ4n) is 11.1. The highest BCUT2D eigenvalue weighted by atomic mass is 16.7. The van der Waals surface area contributed by atoms with E-state index < -0.39 is 304 Å². The number of aliphatic hydroxyl groups is 32. The lowest BCUT2D eigenvalue weighted by Gasteiger charge is -2.45. The molecule has 0 spiro atoms. The molecule has 16 unspecified atom stereocenters. The minimum Gasteiger partial charge on any atom is -0.394 e. The van der Waals surface area contributed by atoms with Crippen LogP contribution < -0.4 is 0 Å². The van der Waals surface area contributed by atoms with Crippen LogP contribution in [0.1, 0.15) is 14.9 Å². The van der Waals surface area contributed by atoms with Gasteiger partial charge in [-0.3, -0.25) is 0 Å². The maximum Gasteiger partial charge on any atom is 0.187 e. The second kappa shape index (κ2) is 41.2. The van der Waals surface area contributed by atoms with Crippen LogP contribution in [0.3, 0.4) is 0 Å². The average molecular weight is 1460 g/mol. The van der Waals surface area contributed by atoms with E-state index in [4.69, 9.17) is 87.5 Å². The van der Waals surface area contributed by atoms with Gasteiger partial charge in [0.2, 0.25) is 0 Å². The van der Waals surface area contributed by atoms with E-state index in [1.54, 1.807) is 0 Å². The van der Waals surface area contributed by atoms with Crippen molar-refractivity contribution in [2.24, 2.45) is 0 Å². The minimum atomic E-state index is -1.74. The van der Waals surface area contributed by atoms with Gasteiger partial charge in [-0.1, -0.05) is 14.9 Å². The summed E-state index contributed by atoms with van der Waals surface area (Å²) in [5.41, 5.74) is -1.67. The third kappa shape index (κ3) is 21.1. The van der Waals surface area contributed by atoms with Crippen LogP contribution in [0.2, 0.25) is 0 Å². The van der Waals surface area contributed by atoms with E-state index in [0.29, 0.717) is 0 Å². The summed E-state index contributed by atoms with van der Waals surface area (Å²) in [5, 5.41) is 307. The number of aliphatic hydroxyl groups excluding tert-OH is 32. The van der Waals surface area contributed by atoms with E-state index in [1.807, 2.05) is 0 Å². The summed E-state index contributed by atoms with van der Waals surface area (Å²) in [6, 6.07) is 0. The highest BCUT2D eigenvalue weighted by Crippen LogP contribution is 2.34. The molecule has 584 valence electrons. The Balaban J connectivity index is 0.000000338. The Morgan fingerprint density at radius 1 is 0.245 bits per heavy atom. The van der Waals surface area contributed by atoms with Gasteiger partial charge in [0.15, 0.2) is 25.2 Å². The molecule has 0 aliphatic carbocycles. The molecule has 8 heterocycles. The van der Waals surface area contributed by atoms with Crippen LogP contribution in [0.25, 0.3) is 0 Å². The number of rotatable bonds is 21. The lowest BCUT2D eigenvalue weighted by atomic mass is 9.95. The second-order valence-corrected chi connectivity index (χ2v) is 23.7. The molecule has 0 aromatic rings. The van der Waals surface area contributed by atoms with Gasteiger partial charge in [0.05, 0.1) is 85.9 Å². The van der Waals surface area contributed by atoms with Gasteiger partial charge in [-0.25, -0.2) is 0 Å². The third-order valence-electron chi connectivity index (χ3n) is 17.2. The van der Waals surface area contributed by atoms with E-state index in [1.165, 1.54) is 0 Å². The van der Waals surface area contributed by atoms with Gasteiger partial charge in [0, 0.05) is 0 Å². The van der Waals surface area contributed by atoms with E-state index in [-0.39, 0.29) is 34.7 Å². The Hall–Kier alpha value is -1.76. The smallest absolute Gasteiger partial charge is 0.187 e. The zero-order valence-electron chi connectivity index (χ0n) is 50.8. The van der Waals surface area contributed by atoms with Crippen molar-refractivity contribution in [1.29, 1.82) is 0 Å². The Morgan fingerprint density at radius 3 is 0.786 bits per heavy atom. The number of ether oxygens (including phenoxy) is 12. The molecule has 0 amide bonds. The molecular formula is C54H104O44. The normalized spacial score (nSPS) is 48.9. The predicted octanol–water partition coefficient (Wildman–Crippen LogP) is -20.1. The Kier molecular flexibility index (Phi) is 38.0. The van der Waals surface area contributed by atoms with Crippen molar-refractivity contribution in [3.05, 3.63) is 0 Å². The molecule has 44 heteroatoms. The molecule has 44 nitrogen and oxygen atoms in total. The monoisotopic (exact) mass is 1460 g/mol. The fourth-order valence-corrected chi connectivity index (χ4v) is 11.1. The first kappa shape index (κ1) is 90.5. The molecule has 0 radical (unpaired) electrons. The molecule has 98 heavy (non-hydrogen) atoms. The topological polar surface area (TPSA) is 758 Å². The lowest BCUT2D eigenvalue weighted by Crippen LogP contribution is -2.64. The summed E-state index contributed by atoms with van der Waals surface area (Å²) in [5.74, 6) is 0. The highest BCUT2D eigenvalue weighted by molar-refractivity contribution is 5.03. The molecule has 0 aromatic heterocycles. The van der Waals surface area contributed by atoms with Crippen LogP contribution in [-0.4, -0.2) is 488 Å². The van der Waals surface area contributed by atoms with Crippen LogP contribution in [0.4, 0.5) is 0 Å². The minimum absolute atomic E-state index is 0. The molecule has 8 saturated heterocycles. The summed E-state index contributed by atoms with van der Waals surface area (Å²) < 4.78 is 62.2. The molecule has 8 aliphatic rings. The third-order valence-corrected chi connectivity index (χ3v) is 17.2. The summed E-state index contributed by atoms with van der Waals surface area (Å²) >= 11 is 0. The molecule has 0 bridgehead atoms. The molecule has 8 fully saturated rings. The first-order chi connectivity index (χ1) is 45.2. The van der Waals surface area contributed by atoms with Crippen molar-refractivity contribution in [2.75, 3.05) is 85.9 Å². The van der Waals surface area contributed by atoms with Crippen molar-refractivity contribution >= 4 is 0 Å². The van der Waals surface area contributed by atoms with Crippen molar-refractivity contribution in [2.45, 2.75) is 253 Å². The van der Waals surface area contributed by atoms with E-state index in [0.717, 1.165) is 0 Å². The van der Waals surface area contributed by atoms with Crippen molar-refractivity contribution in [1.82, 2.24) is 0 Å². The van der Waals surface area contributed by atoms with Gasteiger partial charge in [0.25, 0.3) is 0 Å². The molecular weight excluding hydrogens is 1350 g/mol. The fraction of sp³-hybridized carbons (Fsp3) is 1.00. The van der Waals surface area contributed by atoms with Crippen LogP contribution in [0.15, 0.2) is 0 Å². The van der Waals surface area contributed by atoms with Crippen molar-refractivity contribution in [3.8, 4) is 0 Å². The highest BCUT2D eigenvalue weighted by Gasteiger charge is 2.56. The first-order valence-corrected chi connectivity index (χ1v) is 30.1. The maximum absolute atomic E-state index is 10.0. The van der Waals surface area contributed by atoms with Crippen molar-refractivity contribution < 1.29 is 220 Å². The summed E-state index contributed by atoms with van der Waals surface area (Å²) in [6.45, 7) is -6.86. The van der Waals surface area contributed by atoms with Gasteiger partial charge >= 0.3 is 0 Å². The van der Waals surface area contributed by atoms with E-state index >= 15 is 0 Å². The zero-order valence-corrected chi connectivity index (χ0v) is 50.8. The van der Waals surface area contributed by atoms with E-state index in [2.05, 4.69) is 0 Å². The van der Waals surface area contributed by atoms with Crippen molar-refractivity contribution in [3.63, 3.8) is 0 Å². The summed E-state index contributed by atoms with van der Waals surface area (Å²) in [4.78, 5) is 0. The molecule has 0 aromatic carbocycles. The van der Waals surface area contributed by atoms with E-state index in [9.17, 15) is 133 Å². The molecule has 0 saturated carbocycles. The molecule has 8 rings (SSSR count). The van der Waals surface area contributed by atoms with Gasteiger partial charge in [0.1, 0.15) is 213 Å². The van der Waals surface area contributed by atoms with Crippen LogP contribution in [0.5, 0.6) is 0 Å². The zero-order chi connectivity index (χ0) is 72.1. The molecule has 8 aliphatic heterocycles. The maximum atomic E-state index is 10.0. The number of hydrogen-bond donors (Lipinski definition) is 32. The molecule has 32 N–H and O–H groups in total. The summed E-state index contributed by atoms with van der Waals surface area (Å²) in [6.07, 6.45) is -54.9. The van der Waals surface area contributed by atoms with Crippen LogP contribution in [-0.2, 0) is 56.8 Å².